The summed E-state index contributed by atoms with van der Waals surface area (Å²) in [4.78, 5) is 28.1. The van der Waals surface area contributed by atoms with E-state index in [9.17, 15) is 14.0 Å². The molecule has 5 rings (SSSR count). The maximum Gasteiger partial charge on any atom is 0.250 e. The van der Waals surface area contributed by atoms with Crippen LogP contribution in [0.3, 0.4) is 0 Å². The summed E-state index contributed by atoms with van der Waals surface area (Å²) in [5.41, 5.74) is 1.65. The highest BCUT2D eigenvalue weighted by atomic mass is 35.5. The lowest BCUT2D eigenvalue weighted by atomic mass is 9.80. The average Bonchev–Trinajstić information content (AvgIpc) is 3.02. The molecule has 2 N–H and O–H groups in total. The number of ether oxygens (including phenoxy) is 1. The van der Waals surface area contributed by atoms with E-state index in [4.69, 9.17) is 21.4 Å². The summed E-state index contributed by atoms with van der Waals surface area (Å²) >= 11 is 7.60. The maximum absolute atomic E-state index is 13.7. The predicted octanol–water partition coefficient (Wildman–Crippen LogP) is 6.62. The van der Waals surface area contributed by atoms with E-state index in [-0.39, 0.29) is 41.4 Å². The van der Waals surface area contributed by atoms with Gasteiger partial charge < -0.3 is 15.4 Å². The van der Waals surface area contributed by atoms with Crippen LogP contribution in [0.15, 0.2) is 82.8 Å². The number of hydrazone groups is 1. The Kier molecular flexibility index (Phi) is 10.4. The number of hydrogen-bond donors (Lipinski definition) is 2. The molecule has 10 heteroatoms. The summed E-state index contributed by atoms with van der Waals surface area (Å²) in [6.45, 7) is 3.36. The molecule has 4 atom stereocenters. The van der Waals surface area contributed by atoms with Crippen molar-refractivity contribution in [2.24, 2.45) is 16.9 Å². The minimum atomic E-state index is -0.294. The largest absolute Gasteiger partial charge is 0.497 e. The topological polar surface area (TPSA) is 83.0 Å². The van der Waals surface area contributed by atoms with Crippen LogP contribution in [-0.4, -0.2) is 43.1 Å². The van der Waals surface area contributed by atoms with E-state index in [0.29, 0.717) is 42.3 Å². The molecule has 0 aromatic heterocycles. The summed E-state index contributed by atoms with van der Waals surface area (Å²) in [6, 6.07) is 21.2. The Morgan fingerprint density at radius 3 is 2.56 bits per heavy atom. The number of nitrogens with zero attached hydrogens (tertiary/aromatic N) is 2. The molecular formula is C33H36ClFN4O3S. The van der Waals surface area contributed by atoms with E-state index in [0.717, 1.165) is 28.5 Å². The molecule has 226 valence electrons. The molecule has 0 aliphatic carbocycles. The first-order chi connectivity index (χ1) is 20.8. The van der Waals surface area contributed by atoms with Crippen LogP contribution in [0.1, 0.15) is 44.1 Å². The second-order valence-corrected chi connectivity index (χ2v) is 12.6. The molecular weight excluding hydrogens is 587 g/mol. The van der Waals surface area contributed by atoms with E-state index in [2.05, 4.69) is 10.6 Å². The molecule has 0 saturated carbocycles. The van der Waals surface area contributed by atoms with Crippen molar-refractivity contribution in [3.05, 3.63) is 89.2 Å². The first-order valence-corrected chi connectivity index (χ1v) is 15.8. The Balaban J connectivity index is 1.25. The number of rotatable bonds is 9. The van der Waals surface area contributed by atoms with Gasteiger partial charge in [-0.25, -0.2) is 4.39 Å². The van der Waals surface area contributed by atoms with E-state index in [1.807, 2.05) is 55.5 Å². The van der Waals surface area contributed by atoms with E-state index in [1.54, 1.807) is 19.2 Å². The highest BCUT2D eigenvalue weighted by molar-refractivity contribution is 8.14. The van der Waals surface area contributed by atoms with Gasteiger partial charge in [0.25, 0.3) is 5.91 Å². The Bertz CT molecular complexity index is 1440. The third-order valence-electron chi connectivity index (χ3n) is 8.01. The summed E-state index contributed by atoms with van der Waals surface area (Å²) in [6.07, 6.45) is 2.55. The third-order valence-corrected chi connectivity index (χ3v) is 9.25. The zero-order valence-corrected chi connectivity index (χ0v) is 25.8. The van der Waals surface area contributed by atoms with Crippen molar-refractivity contribution in [1.82, 2.24) is 10.6 Å². The number of anilines is 1. The lowest BCUT2D eigenvalue weighted by molar-refractivity contribution is -0.126. The van der Waals surface area contributed by atoms with Gasteiger partial charge in [0.2, 0.25) is 5.91 Å². The number of hydrogen-bond acceptors (Lipinski definition) is 6. The zero-order chi connectivity index (χ0) is 30.3. The van der Waals surface area contributed by atoms with Crippen LogP contribution in [-0.2, 0) is 9.59 Å². The van der Waals surface area contributed by atoms with Crippen LogP contribution in [0.25, 0.3) is 0 Å². The Morgan fingerprint density at radius 1 is 1.14 bits per heavy atom. The Hall–Kier alpha value is -3.40. The van der Waals surface area contributed by atoms with Gasteiger partial charge in [-0.05, 0) is 105 Å². The van der Waals surface area contributed by atoms with Gasteiger partial charge in [-0.3, -0.25) is 9.59 Å². The molecule has 1 unspecified atom stereocenters. The smallest absolute Gasteiger partial charge is 0.250 e. The van der Waals surface area contributed by atoms with Gasteiger partial charge in [0.1, 0.15) is 11.6 Å². The molecule has 7 nitrogen and oxygen atoms in total. The number of piperidine rings is 1. The molecule has 3 aromatic carbocycles. The number of carbonyl (C=O) groups excluding carboxylic acids is 2. The van der Waals surface area contributed by atoms with Crippen molar-refractivity contribution >= 4 is 45.9 Å². The number of amides is 2. The fourth-order valence-electron chi connectivity index (χ4n) is 5.62. The molecule has 0 bridgehead atoms. The summed E-state index contributed by atoms with van der Waals surface area (Å²) in [5.74, 6) is -0.203. The van der Waals surface area contributed by atoms with Gasteiger partial charge in [-0.1, -0.05) is 35.5 Å². The van der Waals surface area contributed by atoms with Crippen molar-refractivity contribution in [2.45, 2.75) is 49.5 Å². The fourth-order valence-corrected chi connectivity index (χ4v) is 6.70. The number of benzene rings is 3. The molecule has 0 radical (unpaired) electrons. The number of carbonyl (C=O) groups is 2. The second-order valence-electron chi connectivity index (χ2n) is 11.0. The van der Waals surface area contributed by atoms with Crippen LogP contribution in [0.5, 0.6) is 5.75 Å². The lowest BCUT2D eigenvalue weighted by Gasteiger charge is -2.33. The van der Waals surface area contributed by atoms with Crippen LogP contribution in [0.4, 0.5) is 10.1 Å². The van der Waals surface area contributed by atoms with E-state index < -0.39 is 0 Å². The lowest BCUT2D eigenvalue weighted by Crippen LogP contribution is -2.47. The van der Waals surface area contributed by atoms with Crippen LogP contribution in [0.2, 0.25) is 5.02 Å². The average molecular weight is 623 g/mol. The molecule has 3 aromatic rings. The molecule has 1 saturated heterocycles. The van der Waals surface area contributed by atoms with Gasteiger partial charge in [-0.2, -0.15) is 10.1 Å². The second kappa shape index (κ2) is 14.4. The van der Waals surface area contributed by atoms with Crippen molar-refractivity contribution in [3.8, 4) is 5.75 Å². The molecule has 2 aliphatic rings. The van der Waals surface area contributed by atoms with Gasteiger partial charge in [0, 0.05) is 34.8 Å². The summed E-state index contributed by atoms with van der Waals surface area (Å²) in [7, 11) is 1.60. The molecule has 2 aliphatic heterocycles. The number of methoxy groups -OCH3 is 1. The monoisotopic (exact) mass is 622 g/mol. The van der Waals surface area contributed by atoms with Crippen LogP contribution in [0, 0.1) is 17.7 Å². The van der Waals surface area contributed by atoms with Gasteiger partial charge >= 0.3 is 0 Å². The third kappa shape index (κ3) is 7.96. The molecule has 2 heterocycles. The normalized spacial score (nSPS) is 21.2. The number of nitrogens with one attached hydrogen (secondary N) is 2. The molecule has 1 fully saturated rings. The number of halogens is 2. The van der Waals surface area contributed by atoms with E-state index >= 15 is 0 Å². The highest BCUT2D eigenvalue weighted by Crippen LogP contribution is 2.34. The Labute approximate surface area is 261 Å². The fraction of sp³-hybridized carbons (Fsp3) is 0.364. The van der Waals surface area contributed by atoms with Gasteiger partial charge in [-0.15, -0.1) is 0 Å². The van der Waals surface area contributed by atoms with E-state index in [1.165, 1.54) is 28.9 Å². The standard InChI is InChI=1S/C33H36ClFN4O3S/c1-21(37-32(40)30-20-36-18-17-29(30)22-5-9-25(35)10-6-22)3-4-23-19-31(43-28-15-7-24(34)8-16-28)38-39(33(23)41)26-11-13-27(42-2)14-12-26/h5-16,21,23,29-30,36H,3-4,17-20H2,1-2H3,(H,37,40)/t21-,23?,29+,30-/m1/s1. The van der Waals surface area contributed by atoms with Crippen molar-refractivity contribution in [3.63, 3.8) is 0 Å². The first-order valence-electron chi connectivity index (χ1n) is 14.6. The van der Waals surface area contributed by atoms with Crippen molar-refractivity contribution in [2.75, 3.05) is 25.2 Å². The highest BCUT2D eigenvalue weighted by Gasteiger charge is 2.34. The molecule has 2 amide bonds. The van der Waals surface area contributed by atoms with Crippen molar-refractivity contribution < 1.29 is 18.7 Å². The maximum atomic E-state index is 13.7. The van der Waals surface area contributed by atoms with Crippen LogP contribution >= 0.6 is 23.4 Å². The number of thioether (sulfide) groups is 1. The minimum Gasteiger partial charge on any atom is -0.497 e. The van der Waals surface area contributed by atoms with Gasteiger partial charge in [0.05, 0.1) is 23.8 Å². The molecule has 0 spiro atoms. The SMILES string of the molecule is COc1ccc(N2N=C(Sc3ccc(Cl)cc3)CC(CC[C@@H](C)NC(=O)[C@@H]3CNCC[C@H]3c3ccc(F)cc3)C2=O)cc1. The minimum absolute atomic E-state index is 0.0237. The quantitative estimate of drug-likeness (QED) is 0.280. The Morgan fingerprint density at radius 2 is 1.86 bits per heavy atom. The zero-order valence-electron chi connectivity index (χ0n) is 24.3. The van der Waals surface area contributed by atoms with Gasteiger partial charge in [0.15, 0.2) is 0 Å². The summed E-state index contributed by atoms with van der Waals surface area (Å²) in [5, 5.41) is 14.2. The summed E-state index contributed by atoms with van der Waals surface area (Å²) < 4.78 is 18.8. The van der Waals surface area contributed by atoms with Crippen molar-refractivity contribution in [1.29, 1.82) is 0 Å². The first kappa shape index (κ1) is 31.0. The van der Waals surface area contributed by atoms with Crippen LogP contribution < -0.4 is 20.4 Å². The predicted molar refractivity (Wildman–Crippen MR) is 170 cm³/mol. The molecule has 43 heavy (non-hydrogen) atoms.